The number of aliphatic carboxylic acids is 1. The maximum atomic E-state index is 11.7. The Balaban J connectivity index is 2.21. The van der Waals surface area contributed by atoms with Gasteiger partial charge in [0.05, 0.1) is 12.1 Å². The van der Waals surface area contributed by atoms with E-state index in [1.165, 1.54) is 12.5 Å². The molecule has 7 nitrogen and oxygen atoms in total. The number of imidazole rings is 1. The summed E-state index contributed by atoms with van der Waals surface area (Å²) in [5.74, 6) is -1.11. The van der Waals surface area contributed by atoms with Crippen LogP contribution in [0, 0.1) is 0 Å². The van der Waals surface area contributed by atoms with Crippen molar-refractivity contribution < 1.29 is 18.3 Å². The lowest BCUT2D eigenvalue weighted by molar-refractivity contribution is -0.141. The topological polar surface area (TPSA) is 103 Å². The predicted molar refractivity (Wildman–Crippen MR) is 58.8 cm³/mol. The van der Waals surface area contributed by atoms with E-state index in [1.54, 1.807) is 0 Å². The number of nitrogens with one attached hydrogen (secondary N) is 1. The molecule has 0 aromatic carbocycles. The molecule has 1 aliphatic rings. The van der Waals surface area contributed by atoms with Gasteiger partial charge >= 0.3 is 5.97 Å². The maximum Gasteiger partial charge on any atom is 0.322 e. The molecule has 0 aliphatic carbocycles. The number of sulfonamides is 1. The Hall–Kier alpha value is -1.41. The standard InChI is InChI=1S/C9H13N3O4S/c13-9(14)8(4-7-5-10-6-11-7)12-2-1-3-17(12,15)16/h5-6,8H,1-4H2,(H,10,11)(H,13,14). The van der Waals surface area contributed by atoms with Crippen molar-refractivity contribution >= 4 is 16.0 Å². The van der Waals surface area contributed by atoms with E-state index in [0.717, 1.165) is 4.31 Å². The highest BCUT2D eigenvalue weighted by Gasteiger charge is 2.38. The van der Waals surface area contributed by atoms with Gasteiger partial charge in [0.15, 0.2) is 0 Å². The monoisotopic (exact) mass is 259 g/mol. The van der Waals surface area contributed by atoms with Crippen LogP contribution in [-0.2, 0) is 21.2 Å². The third kappa shape index (κ3) is 2.47. The largest absolute Gasteiger partial charge is 0.480 e. The fourth-order valence-corrected chi connectivity index (χ4v) is 3.61. The zero-order valence-corrected chi connectivity index (χ0v) is 9.85. The summed E-state index contributed by atoms with van der Waals surface area (Å²) in [4.78, 5) is 17.7. The SMILES string of the molecule is O=C(O)C(Cc1cnc[nH]1)N1CCCS1(=O)=O. The van der Waals surface area contributed by atoms with Crippen molar-refractivity contribution in [3.63, 3.8) is 0 Å². The average Bonchev–Trinajstić information content (AvgIpc) is 2.83. The molecule has 1 aromatic rings. The average molecular weight is 259 g/mol. The van der Waals surface area contributed by atoms with Crippen molar-refractivity contribution in [1.29, 1.82) is 0 Å². The van der Waals surface area contributed by atoms with Crippen molar-refractivity contribution in [2.24, 2.45) is 0 Å². The van der Waals surface area contributed by atoms with Gasteiger partial charge in [-0.15, -0.1) is 0 Å². The summed E-state index contributed by atoms with van der Waals surface area (Å²) < 4.78 is 24.4. The van der Waals surface area contributed by atoms with E-state index in [9.17, 15) is 13.2 Å². The molecule has 0 saturated carbocycles. The van der Waals surface area contributed by atoms with E-state index >= 15 is 0 Å². The van der Waals surface area contributed by atoms with Gasteiger partial charge in [0.25, 0.3) is 0 Å². The molecule has 1 fully saturated rings. The fraction of sp³-hybridized carbons (Fsp3) is 0.556. The van der Waals surface area contributed by atoms with Gasteiger partial charge in [0.2, 0.25) is 10.0 Å². The normalized spacial score (nSPS) is 21.4. The molecule has 0 radical (unpaired) electrons. The lowest BCUT2D eigenvalue weighted by Gasteiger charge is -2.21. The van der Waals surface area contributed by atoms with E-state index in [2.05, 4.69) is 9.97 Å². The highest BCUT2D eigenvalue weighted by Crippen LogP contribution is 2.19. The summed E-state index contributed by atoms with van der Waals surface area (Å²) in [5, 5.41) is 9.12. The number of H-pyrrole nitrogens is 1. The third-order valence-electron chi connectivity index (χ3n) is 2.74. The highest BCUT2D eigenvalue weighted by molar-refractivity contribution is 7.89. The van der Waals surface area contributed by atoms with Crippen LogP contribution in [0.3, 0.4) is 0 Å². The molecule has 8 heteroatoms. The van der Waals surface area contributed by atoms with E-state index in [1.807, 2.05) is 0 Å². The first kappa shape index (κ1) is 12.1. The van der Waals surface area contributed by atoms with Gasteiger partial charge in [-0.2, -0.15) is 4.31 Å². The molecule has 94 valence electrons. The summed E-state index contributed by atoms with van der Waals surface area (Å²) >= 11 is 0. The first-order valence-electron chi connectivity index (χ1n) is 5.20. The Kier molecular flexibility index (Phi) is 3.16. The van der Waals surface area contributed by atoms with Crippen molar-refractivity contribution in [2.45, 2.75) is 18.9 Å². The number of carbonyl (C=O) groups is 1. The van der Waals surface area contributed by atoms with Gasteiger partial charge in [-0.1, -0.05) is 0 Å². The summed E-state index contributed by atoms with van der Waals surface area (Å²) in [5.41, 5.74) is 0.611. The first-order valence-corrected chi connectivity index (χ1v) is 6.81. The molecule has 1 unspecified atom stereocenters. The van der Waals surface area contributed by atoms with Crippen LogP contribution in [0.1, 0.15) is 12.1 Å². The number of rotatable bonds is 4. The molecular formula is C9H13N3O4S. The molecular weight excluding hydrogens is 246 g/mol. The number of carboxylic acids is 1. The number of nitrogens with zero attached hydrogens (tertiary/aromatic N) is 2. The summed E-state index contributed by atoms with van der Waals surface area (Å²) in [6.07, 6.45) is 3.52. The Morgan fingerprint density at radius 3 is 2.88 bits per heavy atom. The smallest absolute Gasteiger partial charge is 0.322 e. The third-order valence-corrected chi connectivity index (χ3v) is 4.70. The quantitative estimate of drug-likeness (QED) is 0.754. The zero-order chi connectivity index (χ0) is 12.5. The molecule has 1 saturated heterocycles. The number of aromatic amines is 1. The maximum absolute atomic E-state index is 11.7. The van der Waals surface area contributed by atoms with Gasteiger partial charge in [-0.3, -0.25) is 4.79 Å². The summed E-state index contributed by atoms with van der Waals surface area (Å²) in [6.45, 7) is 0.271. The van der Waals surface area contributed by atoms with Gasteiger partial charge in [0.1, 0.15) is 6.04 Å². The number of aromatic nitrogens is 2. The summed E-state index contributed by atoms with van der Waals surface area (Å²) in [6, 6.07) is -1.05. The molecule has 0 spiro atoms. The zero-order valence-electron chi connectivity index (χ0n) is 9.04. The summed E-state index contributed by atoms with van der Waals surface area (Å²) in [7, 11) is -3.42. The van der Waals surface area contributed by atoms with Crippen molar-refractivity contribution in [2.75, 3.05) is 12.3 Å². The minimum atomic E-state index is -3.42. The van der Waals surface area contributed by atoms with Crippen LogP contribution in [-0.4, -0.2) is 52.1 Å². The Bertz CT molecular complexity index is 496. The molecule has 2 N–H and O–H groups in total. The van der Waals surface area contributed by atoms with E-state index in [-0.39, 0.29) is 18.7 Å². The second-order valence-corrected chi connectivity index (χ2v) is 5.96. The lowest BCUT2D eigenvalue weighted by atomic mass is 10.1. The molecule has 1 aromatic heterocycles. The molecule has 2 rings (SSSR count). The highest BCUT2D eigenvalue weighted by atomic mass is 32.2. The molecule has 0 amide bonds. The van der Waals surface area contributed by atoms with Crippen LogP contribution in [0.15, 0.2) is 12.5 Å². The molecule has 2 heterocycles. The fourth-order valence-electron chi connectivity index (χ4n) is 1.93. The van der Waals surface area contributed by atoms with Gasteiger partial charge < -0.3 is 10.1 Å². The Morgan fingerprint density at radius 1 is 1.65 bits per heavy atom. The van der Waals surface area contributed by atoms with Crippen LogP contribution < -0.4 is 0 Å². The van der Waals surface area contributed by atoms with Gasteiger partial charge in [-0.05, 0) is 6.42 Å². The minimum Gasteiger partial charge on any atom is -0.480 e. The van der Waals surface area contributed by atoms with Gasteiger partial charge in [-0.25, -0.2) is 13.4 Å². The Labute approximate surface area is 98.5 Å². The van der Waals surface area contributed by atoms with Crippen LogP contribution >= 0.6 is 0 Å². The first-order chi connectivity index (χ1) is 8.00. The predicted octanol–water partition coefficient (Wildman–Crippen LogP) is -0.559. The van der Waals surface area contributed by atoms with Crippen molar-refractivity contribution in [1.82, 2.24) is 14.3 Å². The van der Waals surface area contributed by atoms with E-state index in [4.69, 9.17) is 5.11 Å². The van der Waals surface area contributed by atoms with Crippen LogP contribution in [0.25, 0.3) is 0 Å². The minimum absolute atomic E-state index is 0.0275. The van der Waals surface area contributed by atoms with Gasteiger partial charge in [0, 0.05) is 24.9 Å². The molecule has 17 heavy (non-hydrogen) atoms. The number of hydrogen-bond acceptors (Lipinski definition) is 4. The second-order valence-electron chi connectivity index (χ2n) is 3.92. The number of carboxylic acid groups (broad SMARTS) is 1. The van der Waals surface area contributed by atoms with Crippen molar-refractivity contribution in [3.05, 3.63) is 18.2 Å². The van der Waals surface area contributed by atoms with E-state index in [0.29, 0.717) is 12.1 Å². The van der Waals surface area contributed by atoms with E-state index < -0.39 is 22.0 Å². The Morgan fingerprint density at radius 2 is 2.41 bits per heavy atom. The number of hydrogen-bond donors (Lipinski definition) is 2. The van der Waals surface area contributed by atoms with Crippen LogP contribution in [0.2, 0.25) is 0 Å². The molecule has 0 bridgehead atoms. The van der Waals surface area contributed by atoms with Crippen molar-refractivity contribution in [3.8, 4) is 0 Å². The molecule has 1 aliphatic heterocycles. The lowest BCUT2D eigenvalue weighted by Crippen LogP contribution is -2.43. The van der Waals surface area contributed by atoms with Crippen LogP contribution in [0.4, 0.5) is 0 Å². The van der Waals surface area contributed by atoms with Crippen LogP contribution in [0.5, 0.6) is 0 Å². The second kappa shape index (κ2) is 4.46. The molecule has 1 atom stereocenters.